The van der Waals surface area contributed by atoms with Crippen LogP contribution in [0.15, 0.2) is 4.99 Å². The lowest BCUT2D eigenvalue weighted by atomic mass is 10.1. The van der Waals surface area contributed by atoms with E-state index in [1.807, 2.05) is 0 Å². The number of hydrazine groups is 1. The molecule has 1 fully saturated rings. The molecule has 1 aliphatic rings. The Morgan fingerprint density at radius 3 is 2.65 bits per heavy atom. The predicted molar refractivity (Wildman–Crippen MR) is 81.4 cm³/mol. The van der Waals surface area contributed by atoms with Crippen molar-refractivity contribution in [3.63, 3.8) is 0 Å². The maximum Gasteiger partial charge on any atom is 0.251 e. The van der Waals surface area contributed by atoms with Crippen LogP contribution in [0.5, 0.6) is 0 Å². The molecule has 23 heavy (non-hydrogen) atoms. The molecule has 0 saturated carbocycles. The summed E-state index contributed by atoms with van der Waals surface area (Å²) in [5.41, 5.74) is 17.9. The number of nitrogens with zero attached hydrogens (tertiary/aromatic N) is 2. The first-order valence-electron chi connectivity index (χ1n) is 7.09. The van der Waals surface area contributed by atoms with Crippen molar-refractivity contribution in [2.24, 2.45) is 22.2 Å². The summed E-state index contributed by atoms with van der Waals surface area (Å²) < 4.78 is 0. The Kier molecular flexibility index (Phi) is 7.15. The standard InChI is InChI=1S/C11H22N8O4/c12-6-4-8(16-5-6)10(21)17-7(9(13)20)2-1-3-15-11(14)18-19(22)23/h6-8,16H,1-5,12H2,(H2,13,20)(H,17,21)(H3,14,15,18)/t6-,7+,8?/m1/s1. The van der Waals surface area contributed by atoms with Crippen LogP contribution in [0.2, 0.25) is 0 Å². The average Bonchev–Trinajstić information content (AvgIpc) is 2.87. The van der Waals surface area contributed by atoms with Crippen LogP contribution in [0.25, 0.3) is 0 Å². The maximum atomic E-state index is 12.0. The second-order valence-corrected chi connectivity index (χ2v) is 5.20. The fourth-order valence-corrected chi connectivity index (χ4v) is 2.14. The third kappa shape index (κ3) is 6.88. The molecule has 1 unspecified atom stereocenters. The van der Waals surface area contributed by atoms with E-state index in [9.17, 15) is 19.7 Å². The highest BCUT2D eigenvalue weighted by atomic mass is 16.7. The molecular weight excluding hydrogens is 308 g/mol. The molecule has 12 nitrogen and oxygen atoms in total. The summed E-state index contributed by atoms with van der Waals surface area (Å²) in [6, 6.07) is -1.38. The minimum atomic E-state index is -0.846. The smallest absolute Gasteiger partial charge is 0.251 e. The second-order valence-electron chi connectivity index (χ2n) is 5.20. The van der Waals surface area contributed by atoms with Crippen LogP contribution in [-0.4, -0.2) is 54.0 Å². The largest absolute Gasteiger partial charge is 0.368 e. The van der Waals surface area contributed by atoms with Crippen LogP contribution in [0.4, 0.5) is 0 Å². The Bertz CT molecular complexity index is 483. The SMILES string of the molecule is NC(=O)[C@H](CCCN=C(N)N[N+](=O)[O-])NC(=O)C1C[C@@H](N)CN1. The molecule has 0 aromatic rings. The molecule has 9 N–H and O–H groups in total. The van der Waals surface area contributed by atoms with E-state index < -0.39 is 23.0 Å². The van der Waals surface area contributed by atoms with Gasteiger partial charge in [0.15, 0.2) is 5.03 Å². The van der Waals surface area contributed by atoms with Crippen molar-refractivity contribution in [1.29, 1.82) is 0 Å². The van der Waals surface area contributed by atoms with Gasteiger partial charge in [0.05, 0.1) is 6.04 Å². The number of carbonyl (C=O) groups excluding carboxylic acids is 2. The fourth-order valence-electron chi connectivity index (χ4n) is 2.14. The quantitative estimate of drug-likeness (QED) is 0.0864. The number of amides is 2. The number of aliphatic imine (C=N–C) groups is 1. The molecule has 0 aromatic carbocycles. The number of guanidine groups is 1. The summed E-state index contributed by atoms with van der Waals surface area (Å²) in [7, 11) is 0. The molecule has 0 spiro atoms. The first kappa shape index (κ1) is 18.6. The summed E-state index contributed by atoms with van der Waals surface area (Å²) in [4.78, 5) is 37.2. The zero-order chi connectivity index (χ0) is 17.4. The fraction of sp³-hybridized carbons (Fsp3) is 0.727. The van der Waals surface area contributed by atoms with E-state index in [1.165, 1.54) is 0 Å². The van der Waals surface area contributed by atoms with Gasteiger partial charge in [-0.15, -0.1) is 0 Å². The topological polar surface area (TPSA) is 204 Å². The zero-order valence-corrected chi connectivity index (χ0v) is 12.5. The number of primary amides is 1. The summed E-state index contributed by atoms with van der Waals surface area (Å²) in [5.74, 6) is -1.33. The molecule has 2 amide bonds. The van der Waals surface area contributed by atoms with Crippen LogP contribution in [-0.2, 0) is 9.59 Å². The zero-order valence-electron chi connectivity index (χ0n) is 12.5. The van der Waals surface area contributed by atoms with Crippen LogP contribution in [0.3, 0.4) is 0 Å². The number of carbonyl (C=O) groups is 2. The number of hydrogen-bond acceptors (Lipinski definition) is 7. The van der Waals surface area contributed by atoms with Crippen molar-refractivity contribution in [1.82, 2.24) is 16.1 Å². The molecule has 1 aliphatic heterocycles. The number of nitrogens with one attached hydrogen (secondary N) is 3. The van der Waals surface area contributed by atoms with Crippen molar-refractivity contribution in [3.05, 3.63) is 10.1 Å². The van der Waals surface area contributed by atoms with E-state index in [1.54, 1.807) is 5.43 Å². The highest BCUT2D eigenvalue weighted by Crippen LogP contribution is 2.06. The highest BCUT2D eigenvalue weighted by Gasteiger charge is 2.29. The molecule has 3 atom stereocenters. The van der Waals surface area contributed by atoms with Crippen molar-refractivity contribution < 1.29 is 14.6 Å². The van der Waals surface area contributed by atoms with Gasteiger partial charge in [-0.25, -0.2) is 15.1 Å². The Morgan fingerprint density at radius 2 is 2.13 bits per heavy atom. The van der Waals surface area contributed by atoms with Gasteiger partial charge in [-0.3, -0.25) is 9.59 Å². The Morgan fingerprint density at radius 1 is 1.43 bits per heavy atom. The molecular formula is C11H22N8O4. The van der Waals surface area contributed by atoms with Gasteiger partial charge in [-0.1, -0.05) is 5.43 Å². The van der Waals surface area contributed by atoms with Gasteiger partial charge >= 0.3 is 0 Å². The van der Waals surface area contributed by atoms with Gasteiger partial charge in [-0.05, 0) is 19.3 Å². The predicted octanol–water partition coefficient (Wildman–Crippen LogP) is -3.48. The molecule has 1 saturated heterocycles. The Labute approximate surface area is 132 Å². The van der Waals surface area contributed by atoms with Crippen LogP contribution >= 0.6 is 0 Å². The molecule has 0 aliphatic carbocycles. The van der Waals surface area contributed by atoms with Crippen molar-refractivity contribution in [3.8, 4) is 0 Å². The second kappa shape index (κ2) is 8.85. The normalized spacial score (nSPS) is 22.4. The van der Waals surface area contributed by atoms with Crippen LogP contribution < -0.4 is 33.3 Å². The first-order chi connectivity index (χ1) is 10.8. The maximum absolute atomic E-state index is 12.0. The lowest BCUT2D eigenvalue weighted by Crippen LogP contribution is -2.50. The third-order valence-electron chi connectivity index (χ3n) is 3.28. The van der Waals surface area contributed by atoms with E-state index in [0.29, 0.717) is 19.4 Å². The summed E-state index contributed by atoms with van der Waals surface area (Å²) in [5, 5.41) is 14.8. The van der Waals surface area contributed by atoms with E-state index in [4.69, 9.17) is 17.2 Å². The lowest BCUT2D eigenvalue weighted by Gasteiger charge is -2.18. The Hall–Kier alpha value is -2.47. The summed E-state index contributed by atoms with van der Waals surface area (Å²) in [6.45, 7) is 0.690. The average molecular weight is 330 g/mol. The van der Waals surface area contributed by atoms with Gasteiger partial charge in [-0.2, -0.15) is 0 Å². The molecule has 0 aromatic heterocycles. The van der Waals surface area contributed by atoms with Crippen molar-refractivity contribution >= 4 is 17.8 Å². The molecule has 1 heterocycles. The lowest BCUT2D eigenvalue weighted by molar-refractivity contribution is -0.525. The van der Waals surface area contributed by atoms with Crippen LogP contribution in [0.1, 0.15) is 19.3 Å². The number of nitro groups is 1. The minimum absolute atomic E-state index is 0.0933. The van der Waals surface area contributed by atoms with E-state index in [-0.39, 0.29) is 30.9 Å². The number of nitrogens with two attached hydrogens (primary N) is 3. The van der Waals surface area contributed by atoms with E-state index in [0.717, 1.165) is 0 Å². The highest BCUT2D eigenvalue weighted by molar-refractivity contribution is 5.89. The van der Waals surface area contributed by atoms with Gasteiger partial charge < -0.3 is 27.8 Å². The summed E-state index contributed by atoms with van der Waals surface area (Å²) >= 11 is 0. The van der Waals surface area contributed by atoms with Crippen LogP contribution in [0, 0.1) is 10.1 Å². The van der Waals surface area contributed by atoms with Crippen molar-refractivity contribution in [2.45, 2.75) is 37.4 Å². The molecule has 0 bridgehead atoms. The summed E-state index contributed by atoms with van der Waals surface area (Å²) in [6.07, 6.45) is 1.10. The van der Waals surface area contributed by atoms with E-state index >= 15 is 0 Å². The van der Waals surface area contributed by atoms with Gasteiger partial charge in [0, 0.05) is 19.1 Å². The van der Waals surface area contributed by atoms with E-state index in [2.05, 4.69) is 15.6 Å². The van der Waals surface area contributed by atoms with Gasteiger partial charge in [0.2, 0.25) is 11.8 Å². The molecule has 1 rings (SSSR count). The van der Waals surface area contributed by atoms with Crippen molar-refractivity contribution in [2.75, 3.05) is 13.1 Å². The number of hydrogen-bond donors (Lipinski definition) is 6. The van der Waals surface area contributed by atoms with Gasteiger partial charge in [0.25, 0.3) is 5.96 Å². The van der Waals surface area contributed by atoms with Gasteiger partial charge in [0.1, 0.15) is 6.04 Å². The monoisotopic (exact) mass is 330 g/mol. The molecule has 0 radical (unpaired) electrons. The first-order valence-corrected chi connectivity index (χ1v) is 7.09. The number of rotatable bonds is 8. The third-order valence-corrected chi connectivity index (χ3v) is 3.28. The molecule has 130 valence electrons. The molecule has 12 heteroatoms. The minimum Gasteiger partial charge on any atom is -0.368 e. The Balaban J connectivity index is 2.39.